The van der Waals surface area contributed by atoms with Crippen LogP contribution in [0.4, 0.5) is 11.4 Å². The molecule has 0 fully saturated rings. The van der Waals surface area contributed by atoms with Gasteiger partial charge in [0.25, 0.3) is 0 Å². The molecule has 0 aromatic heterocycles. The molecule has 2 nitrogen and oxygen atoms in total. The molecular formula is C31H43ClN2. The summed E-state index contributed by atoms with van der Waals surface area (Å²) in [5.41, 5.74) is 22.0. The maximum atomic E-state index is 6.90. The Labute approximate surface area is 212 Å². The second-order valence-electron chi connectivity index (χ2n) is 9.90. The molecule has 0 radical (unpaired) electrons. The monoisotopic (exact) mass is 478 g/mol. The zero-order valence-corrected chi connectivity index (χ0v) is 23.3. The molecule has 0 atom stereocenters. The summed E-state index contributed by atoms with van der Waals surface area (Å²) in [6.07, 6.45) is 1.73. The molecule has 0 amide bonds. The van der Waals surface area contributed by atoms with Gasteiger partial charge < -0.3 is 11.5 Å². The van der Waals surface area contributed by atoms with Crippen molar-refractivity contribution in [2.24, 2.45) is 0 Å². The van der Waals surface area contributed by atoms with E-state index < -0.39 is 0 Å². The Kier molecular flexibility index (Phi) is 8.88. The summed E-state index contributed by atoms with van der Waals surface area (Å²) in [5.74, 6) is 0. The van der Waals surface area contributed by atoms with Gasteiger partial charge in [0, 0.05) is 27.2 Å². The molecule has 3 rings (SSSR count). The Bertz CT molecular complexity index is 1130. The minimum absolute atomic E-state index is 0.120. The third-order valence-electron chi connectivity index (χ3n) is 7.22. The highest BCUT2D eigenvalue weighted by atomic mass is 35.5. The predicted molar refractivity (Wildman–Crippen MR) is 152 cm³/mol. The molecule has 0 aliphatic heterocycles. The van der Waals surface area contributed by atoms with E-state index in [4.69, 9.17) is 23.1 Å². The fraction of sp³-hybridized carbons (Fsp3) is 0.419. The zero-order valence-electron chi connectivity index (χ0n) is 22.6. The first-order valence-corrected chi connectivity index (χ1v) is 12.9. The summed E-state index contributed by atoms with van der Waals surface area (Å²) >= 11 is 6.90. The van der Waals surface area contributed by atoms with Crippen molar-refractivity contribution in [2.75, 3.05) is 11.5 Å². The summed E-state index contributed by atoms with van der Waals surface area (Å²) < 4.78 is 0. The lowest BCUT2D eigenvalue weighted by Gasteiger charge is -2.31. The van der Waals surface area contributed by atoms with Gasteiger partial charge in [-0.25, -0.2) is 0 Å². The van der Waals surface area contributed by atoms with Gasteiger partial charge in [0.15, 0.2) is 0 Å². The molecule has 0 heterocycles. The van der Waals surface area contributed by atoms with Crippen molar-refractivity contribution in [3.8, 4) is 0 Å². The van der Waals surface area contributed by atoms with Crippen LogP contribution in [0.2, 0.25) is 5.02 Å². The van der Waals surface area contributed by atoms with E-state index in [0.29, 0.717) is 0 Å². The maximum Gasteiger partial charge on any atom is 0.0499 e. The van der Waals surface area contributed by atoms with Crippen LogP contribution in [0.3, 0.4) is 0 Å². The van der Waals surface area contributed by atoms with Crippen molar-refractivity contribution in [1.29, 1.82) is 0 Å². The van der Waals surface area contributed by atoms with Gasteiger partial charge in [0.1, 0.15) is 0 Å². The molecule has 3 aromatic rings. The second-order valence-corrected chi connectivity index (χ2v) is 10.3. The number of aryl methyl sites for hydroxylation is 2. The average Bonchev–Trinajstić information content (AvgIpc) is 2.82. The number of nitrogen functional groups attached to an aromatic ring is 2. The number of rotatable bonds is 6. The fourth-order valence-electron chi connectivity index (χ4n) is 4.57. The van der Waals surface area contributed by atoms with Gasteiger partial charge in [-0.15, -0.1) is 0 Å². The molecular weight excluding hydrogens is 436 g/mol. The van der Waals surface area contributed by atoms with Crippen LogP contribution in [0.5, 0.6) is 0 Å². The van der Waals surface area contributed by atoms with Crippen LogP contribution < -0.4 is 11.5 Å². The highest BCUT2D eigenvalue weighted by Gasteiger charge is 2.30. The van der Waals surface area contributed by atoms with Crippen LogP contribution in [-0.4, -0.2) is 0 Å². The number of anilines is 2. The lowest BCUT2D eigenvalue weighted by Crippen LogP contribution is -2.23. The maximum absolute atomic E-state index is 6.90. The van der Waals surface area contributed by atoms with Crippen molar-refractivity contribution in [3.63, 3.8) is 0 Å². The Morgan fingerprint density at radius 1 is 0.735 bits per heavy atom. The van der Waals surface area contributed by atoms with Crippen LogP contribution in [0, 0.1) is 6.92 Å². The van der Waals surface area contributed by atoms with E-state index in [1.165, 1.54) is 22.3 Å². The van der Waals surface area contributed by atoms with Gasteiger partial charge in [-0.05, 0) is 64.8 Å². The quantitative estimate of drug-likeness (QED) is 0.348. The summed E-state index contributed by atoms with van der Waals surface area (Å²) in [4.78, 5) is 0. The SMILES string of the molecule is CC.CCc1cc(C(C)(C)c2ccc(C(C)(C)c3ccc(N)c(C)c3)cc2)c(Cl)c(CC)c1N. The van der Waals surface area contributed by atoms with E-state index in [1.54, 1.807) is 0 Å². The first-order valence-electron chi connectivity index (χ1n) is 12.5. The third-order valence-corrected chi connectivity index (χ3v) is 7.65. The molecule has 4 N–H and O–H groups in total. The van der Waals surface area contributed by atoms with Crippen LogP contribution in [0.1, 0.15) is 94.3 Å². The Morgan fingerprint density at radius 3 is 1.71 bits per heavy atom. The van der Waals surface area contributed by atoms with Gasteiger partial charge in [0.05, 0.1) is 0 Å². The van der Waals surface area contributed by atoms with Crippen molar-refractivity contribution in [2.45, 2.75) is 86.0 Å². The number of halogens is 1. The Morgan fingerprint density at radius 2 is 1.24 bits per heavy atom. The summed E-state index contributed by atoms with van der Waals surface area (Å²) in [7, 11) is 0. The van der Waals surface area contributed by atoms with Crippen LogP contribution in [-0.2, 0) is 23.7 Å². The topological polar surface area (TPSA) is 52.0 Å². The molecule has 0 saturated heterocycles. The van der Waals surface area contributed by atoms with Crippen molar-refractivity contribution in [3.05, 3.63) is 92.5 Å². The van der Waals surface area contributed by atoms with Gasteiger partial charge >= 0.3 is 0 Å². The Hall–Kier alpha value is -2.45. The smallest absolute Gasteiger partial charge is 0.0499 e. The van der Waals surface area contributed by atoms with Gasteiger partial charge in [-0.1, -0.05) is 109 Å². The van der Waals surface area contributed by atoms with Crippen LogP contribution in [0.15, 0.2) is 48.5 Å². The van der Waals surface area contributed by atoms with E-state index >= 15 is 0 Å². The molecule has 3 aromatic carbocycles. The van der Waals surface area contributed by atoms with Crippen molar-refractivity contribution < 1.29 is 0 Å². The first kappa shape index (κ1) is 27.8. The van der Waals surface area contributed by atoms with Crippen molar-refractivity contribution >= 4 is 23.0 Å². The second kappa shape index (κ2) is 10.9. The standard InChI is InChI=1S/C29H37ClN2.C2H6/c1-8-19-17-24(26(30)23(9-2)27(19)32)29(6,7)21-12-10-20(11-13-21)28(4,5)22-14-15-25(31)18(3)16-22;1-2/h10-17H,8-9,31-32H2,1-7H3;1-2H3. The lowest BCUT2D eigenvalue weighted by atomic mass is 9.73. The molecule has 3 heteroatoms. The minimum Gasteiger partial charge on any atom is -0.399 e. The fourth-order valence-corrected chi connectivity index (χ4v) is 5.10. The van der Waals surface area contributed by atoms with Gasteiger partial charge in [-0.2, -0.15) is 0 Å². The summed E-state index contributed by atoms with van der Waals surface area (Å²) in [5, 5.41) is 0.800. The molecule has 0 aliphatic rings. The third kappa shape index (κ3) is 5.13. The molecule has 34 heavy (non-hydrogen) atoms. The van der Waals surface area contributed by atoms with Crippen LogP contribution >= 0.6 is 11.6 Å². The summed E-state index contributed by atoms with van der Waals surface area (Å²) in [6, 6.07) is 17.5. The largest absolute Gasteiger partial charge is 0.399 e. The molecule has 0 unspecified atom stereocenters. The normalized spacial score (nSPS) is 11.7. The molecule has 0 bridgehead atoms. The van der Waals surface area contributed by atoms with E-state index in [0.717, 1.165) is 45.9 Å². The average molecular weight is 479 g/mol. The van der Waals surface area contributed by atoms with Crippen molar-refractivity contribution in [1.82, 2.24) is 0 Å². The first-order chi connectivity index (χ1) is 15.9. The number of hydrogen-bond acceptors (Lipinski definition) is 2. The number of nitrogens with two attached hydrogens (primary N) is 2. The van der Waals surface area contributed by atoms with E-state index in [-0.39, 0.29) is 10.8 Å². The highest BCUT2D eigenvalue weighted by molar-refractivity contribution is 6.32. The van der Waals surface area contributed by atoms with E-state index in [2.05, 4.69) is 90.9 Å². The zero-order chi connectivity index (χ0) is 25.8. The summed E-state index contributed by atoms with van der Waals surface area (Å²) in [6.45, 7) is 19.3. The molecule has 0 saturated carbocycles. The van der Waals surface area contributed by atoms with Gasteiger partial charge in [0.2, 0.25) is 0 Å². The van der Waals surface area contributed by atoms with Gasteiger partial charge in [-0.3, -0.25) is 0 Å². The predicted octanol–water partition coefficient (Wildman–Crippen LogP) is 8.62. The minimum atomic E-state index is -0.237. The number of hydrogen-bond donors (Lipinski definition) is 2. The Balaban J connectivity index is 0.00000199. The number of benzene rings is 3. The van der Waals surface area contributed by atoms with E-state index in [9.17, 15) is 0 Å². The molecule has 184 valence electrons. The van der Waals surface area contributed by atoms with Crippen LogP contribution in [0.25, 0.3) is 0 Å². The van der Waals surface area contributed by atoms with E-state index in [1.807, 2.05) is 19.9 Å². The molecule has 0 aliphatic carbocycles. The lowest BCUT2D eigenvalue weighted by molar-refractivity contribution is 0.625. The molecule has 0 spiro atoms. The highest BCUT2D eigenvalue weighted by Crippen LogP contribution is 2.42.